The van der Waals surface area contributed by atoms with Crippen molar-refractivity contribution in [2.75, 3.05) is 40.5 Å². The minimum atomic E-state index is 0.163. The topological polar surface area (TPSA) is 42.5 Å². The summed E-state index contributed by atoms with van der Waals surface area (Å²) in [5.41, 5.74) is 0. The highest BCUT2D eigenvalue weighted by atomic mass is 16.5. The number of rotatable bonds is 9. The number of hydrogen-bond acceptors (Lipinski definition) is 4. The predicted molar refractivity (Wildman–Crippen MR) is 65.8 cm³/mol. The first kappa shape index (κ1) is 13.9. The first-order valence-corrected chi connectivity index (χ1v) is 6.32. The van der Waals surface area contributed by atoms with Crippen LogP contribution in [0.1, 0.15) is 25.7 Å². The minimum absolute atomic E-state index is 0.163. The number of hydrogen-bond donors (Lipinski definition) is 2. The number of methoxy groups -OCH3 is 2. The quantitative estimate of drug-likeness (QED) is 0.574. The minimum Gasteiger partial charge on any atom is -0.382 e. The lowest BCUT2D eigenvalue weighted by molar-refractivity contribution is 0.0291. The molecule has 4 heteroatoms. The van der Waals surface area contributed by atoms with E-state index in [0.717, 1.165) is 25.7 Å². The van der Waals surface area contributed by atoms with Crippen molar-refractivity contribution < 1.29 is 9.47 Å². The van der Waals surface area contributed by atoms with Crippen LogP contribution in [0.15, 0.2) is 0 Å². The van der Waals surface area contributed by atoms with Crippen LogP contribution in [0.25, 0.3) is 0 Å². The van der Waals surface area contributed by atoms with E-state index in [2.05, 4.69) is 10.6 Å². The van der Waals surface area contributed by atoms with Crippen LogP contribution in [0.4, 0.5) is 0 Å². The van der Waals surface area contributed by atoms with Gasteiger partial charge in [0, 0.05) is 39.9 Å². The zero-order valence-corrected chi connectivity index (χ0v) is 10.6. The highest BCUT2D eigenvalue weighted by Gasteiger charge is 2.13. The van der Waals surface area contributed by atoms with Crippen LogP contribution in [0.3, 0.4) is 0 Å². The Labute approximate surface area is 99.1 Å². The van der Waals surface area contributed by atoms with Crippen molar-refractivity contribution in [3.63, 3.8) is 0 Å². The maximum atomic E-state index is 5.26. The molecule has 1 aliphatic carbocycles. The van der Waals surface area contributed by atoms with Crippen LogP contribution in [0.2, 0.25) is 0 Å². The monoisotopic (exact) mass is 230 g/mol. The maximum Gasteiger partial charge on any atom is 0.0928 e. The van der Waals surface area contributed by atoms with E-state index < -0.39 is 0 Å². The molecule has 1 saturated carbocycles. The second-order valence-corrected chi connectivity index (χ2v) is 4.45. The van der Waals surface area contributed by atoms with Gasteiger partial charge in [0.05, 0.1) is 12.7 Å². The molecule has 1 rings (SSSR count). The van der Waals surface area contributed by atoms with Crippen molar-refractivity contribution in [2.24, 2.45) is 0 Å². The van der Waals surface area contributed by atoms with E-state index in [-0.39, 0.29) is 6.10 Å². The van der Waals surface area contributed by atoms with E-state index in [1.165, 1.54) is 25.7 Å². The van der Waals surface area contributed by atoms with Gasteiger partial charge in [0.25, 0.3) is 0 Å². The Morgan fingerprint density at radius 1 is 1.19 bits per heavy atom. The van der Waals surface area contributed by atoms with E-state index in [1.54, 1.807) is 14.2 Å². The highest BCUT2D eigenvalue weighted by Crippen LogP contribution is 2.16. The van der Waals surface area contributed by atoms with Crippen molar-refractivity contribution in [2.45, 2.75) is 37.8 Å². The Morgan fingerprint density at radius 3 is 2.56 bits per heavy atom. The summed E-state index contributed by atoms with van der Waals surface area (Å²) in [6, 6.07) is 0.763. The summed E-state index contributed by atoms with van der Waals surface area (Å²) in [5.74, 6) is 0. The van der Waals surface area contributed by atoms with E-state index in [0.29, 0.717) is 6.61 Å². The van der Waals surface area contributed by atoms with Gasteiger partial charge in [-0.05, 0) is 12.8 Å². The van der Waals surface area contributed by atoms with Gasteiger partial charge < -0.3 is 20.1 Å². The Kier molecular flexibility index (Phi) is 7.76. The summed E-state index contributed by atoms with van der Waals surface area (Å²) in [4.78, 5) is 0. The molecule has 1 atom stereocenters. The van der Waals surface area contributed by atoms with E-state index in [1.807, 2.05) is 0 Å². The van der Waals surface area contributed by atoms with Gasteiger partial charge in [-0.25, -0.2) is 0 Å². The first-order valence-electron chi connectivity index (χ1n) is 6.32. The Morgan fingerprint density at radius 2 is 1.94 bits per heavy atom. The average Bonchev–Trinajstić information content (AvgIpc) is 2.80. The van der Waals surface area contributed by atoms with Gasteiger partial charge in [-0.1, -0.05) is 12.8 Å². The maximum absolute atomic E-state index is 5.26. The fourth-order valence-electron chi connectivity index (χ4n) is 2.15. The number of ether oxygens (including phenoxy) is 2. The molecule has 16 heavy (non-hydrogen) atoms. The molecule has 0 spiro atoms. The Hall–Kier alpha value is -0.160. The van der Waals surface area contributed by atoms with Gasteiger partial charge in [-0.2, -0.15) is 0 Å². The first-order chi connectivity index (χ1) is 7.86. The van der Waals surface area contributed by atoms with Gasteiger partial charge in [-0.3, -0.25) is 0 Å². The summed E-state index contributed by atoms with van der Waals surface area (Å²) in [6.45, 7) is 3.56. The Balaban J connectivity index is 1.89. The molecule has 2 N–H and O–H groups in total. The standard InChI is InChI=1S/C12H26N2O2/c1-15-10-12(16-2)9-13-7-8-14-11-5-3-4-6-11/h11-14H,3-10H2,1-2H3. The lowest BCUT2D eigenvalue weighted by Crippen LogP contribution is -2.38. The molecule has 0 saturated heterocycles. The summed E-state index contributed by atoms with van der Waals surface area (Å²) in [6.07, 6.45) is 5.65. The van der Waals surface area contributed by atoms with E-state index in [9.17, 15) is 0 Å². The molecule has 0 aliphatic heterocycles. The third-order valence-electron chi connectivity index (χ3n) is 3.15. The molecule has 1 fully saturated rings. The zero-order valence-electron chi connectivity index (χ0n) is 10.6. The fourth-order valence-corrected chi connectivity index (χ4v) is 2.15. The van der Waals surface area contributed by atoms with Gasteiger partial charge in [0.2, 0.25) is 0 Å². The van der Waals surface area contributed by atoms with E-state index >= 15 is 0 Å². The number of nitrogens with one attached hydrogen (secondary N) is 2. The molecule has 96 valence electrons. The molecule has 0 bridgehead atoms. The lowest BCUT2D eigenvalue weighted by atomic mass is 10.2. The molecule has 4 nitrogen and oxygen atoms in total. The zero-order chi connectivity index (χ0) is 11.6. The molecule has 0 aromatic carbocycles. The largest absolute Gasteiger partial charge is 0.382 e. The predicted octanol–water partition coefficient (Wildman–Crippen LogP) is 0.770. The molecule has 1 aliphatic rings. The fraction of sp³-hybridized carbons (Fsp3) is 1.00. The summed E-state index contributed by atoms with van der Waals surface area (Å²) >= 11 is 0. The van der Waals surface area contributed by atoms with Crippen LogP contribution in [-0.2, 0) is 9.47 Å². The second kappa shape index (κ2) is 8.93. The van der Waals surface area contributed by atoms with Crippen LogP contribution < -0.4 is 10.6 Å². The van der Waals surface area contributed by atoms with Crippen LogP contribution >= 0.6 is 0 Å². The van der Waals surface area contributed by atoms with Crippen LogP contribution in [0, 0.1) is 0 Å². The van der Waals surface area contributed by atoms with Gasteiger partial charge >= 0.3 is 0 Å². The van der Waals surface area contributed by atoms with Gasteiger partial charge in [0.15, 0.2) is 0 Å². The highest BCUT2D eigenvalue weighted by molar-refractivity contribution is 4.73. The SMILES string of the molecule is COCC(CNCCNC1CCCC1)OC. The summed E-state index contributed by atoms with van der Waals surface area (Å²) < 4.78 is 10.3. The third-order valence-corrected chi connectivity index (χ3v) is 3.15. The van der Waals surface area contributed by atoms with Crippen molar-refractivity contribution in [3.8, 4) is 0 Å². The average molecular weight is 230 g/mol. The molecular weight excluding hydrogens is 204 g/mol. The van der Waals surface area contributed by atoms with Crippen molar-refractivity contribution in [1.82, 2.24) is 10.6 Å². The molecule has 0 amide bonds. The van der Waals surface area contributed by atoms with E-state index in [4.69, 9.17) is 9.47 Å². The van der Waals surface area contributed by atoms with Crippen LogP contribution in [-0.4, -0.2) is 52.6 Å². The lowest BCUT2D eigenvalue weighted by Gasteiger charge is -2.16. The summed E-state index contributed by atoms with van der Waals surface area (Å²) in [7, 11) is 3.43. The molecule has 0 heterocycles. The molecular formula is C12H26N2O2. The van der Waals surface area contributed by atoms with Gasteiger partial charge in [-0.15, -0.1) is 0 Å². The molecule has 1 unspecified atom stereocenters. The van der Waals surface area contributed by atoms with Crippen LogP contribution in [0.5, 0.6) is 0 Å². The van der Waals surface area contributed by atoms with Crippen molar-refractivity contribution in [1.29, 1.82) is 0 Å². The molecule has 0 radical (unpaired) electrons. The second-order valence-electron chi connectivity index (χ2n) is 4.45. The normalized spacial score (nSPS) is 19.1. The molecule has 0 aromatic heterocycles. The third kappa shape index (κ3) is 5.80. The molecule has 0 aromatic rings. The summed E-state index contributed by atoms with van der Waals surface area (Å²) in [5, 5.41) is 6.95. The van der Waals surface area contributed by atoms with Crippen molar-refractivity contribution >= 4 is 0 Å². The smallest absolute Gasteiger partial charge is 0.0928 e. The van der Waals surface area contributed by atoms with Crippen molar-refractivity contribution in [3.05, 3.63) is 0 Å². The van der Waals surface area contributed by atoms with Gasteiger partial charge in [0.1, 0.15) is 0 Å². The Bertz CT molecular complexity index is 161.